The van der Waals surface area contributed by atoms with Crippen LogP contribution in [0.15, 0.2) is 34.2 Å². The maximum absolute atomic E-state index is 12.9. The number of halogens is 1. The SMILES string of the molecule is CC1CC(C)CN(S(=O)(=O)c2ccc(NC(=O)CSC3=NCCN3)cc2)C1.Cl. The van der Waals surface area contributed by atoms with Gasteiger partial charge in [-0.2, -0.15) is 4.31 Å². The molecule has 1 aromatic rings. The molecule has 1 saturated heterocycles. The Hall–Kier alpha value is -1.29. The number of amides is 1. The van der Waals surface area contributed by atoms with Crippen LogP contribution in [0.4, 0.5) is 5.69 Å². The zero-order chi connectivity index (χ0) is 19.4. The average molecular weight is 447 g/mol. The molecule has 3 rings (SSSR count). The van der Waals surface area contributed by atoms with Gasteiger partial charge in [0, 0.05) is 25.3 Å². The number of sulfonamides is 1. The highest BCUT2D eigenvalue weighted by Gasteiger charge is 2.31. The smallest absolute Gasteiger partial charge is 0.243 e. The number of hydrogen-bond donors (Lipinski definition) is 2. The van der Waals surface area contributed by atoms with Gasteiger partial charge in [-0.15, -0.1) is 12.4 Å². The van der Waals surface area contributed by atoms with Crippen molar-refractivity contribution in [1.29, 1.82) is 0 Å². The van der Waals surface area contributed by atoms with Gasteiger partial charge in [0.15, 0.2) is 5.17 Å². The molecule has 2 N–H and O–H groups in total. The Labute approximate surface area is 177 Å². The van der Waals surface area contributed by atoms with Crippen LogP contribution in [-0.4, -0.2) is 55.7 Å². The second-order valence-corrected chi connectivity index (χ2v) is 10.1. The molecule has 1 amide bonds. The fourth-order valence-electron chi connectivity index (χ4n) is 3.47. The molecule has 0 radical (unpaired) electrons. The van der Waals surface area contributed by atoms with Crippen LogP contribution in [0.1, 0.15) is 20.3 Å². The lowest BCUT2D eigenvalue weighted by Crippen LogP contribution is -2.42. The van der Waals surface area contributed by atoms with E-state index in [1.165, 1.54) is 11.8 Å². The Morgan fingerprint density at radius 1 is 1.25 bits per heavy atom. The first-order valence-corrected chi connectivity index (χ1v) is 11.6. The van der Waals surface area contributed by atoms with E-state index >= 15 is 0 Å². The largest absolute Gasteiger partial charge is 0.363 e. The molecule has 0 spiro atoms. The Morgan fingerprint density at radius 3 is 2.46 bits per heavy atom. The first kappa shape index (κ1) is 23.0. The normalized spacial score (nSPS) is 22.7. The lowest BCUT2D eigenvalue weighted by molar-refractivity contribution is -0.113. The van der Waals surface area contributed by atoms with Crippen LogP contribution in [0.3, 0.4) is 0 Å². The molecule has 0 bridgehead atoms. The van der Waals surface area contributed by atoms with E-state index in [1.54, 1.807) is 28.6 Å². The number of amidine groups is 1. The highest BCUT2D eigenvalue weighted by atomic mass is 35.5. The Balaban J connectivity index is 0.00000280. The highest BCUT2D eigenvalue weighted by Crippen LogP contribution is 2.27. The second kappa shape index (κ2) is 9.96. The summed E-state index contributed by atoms with van der Waals surface area (Å²) in [7, 11) is -3.50. The highest BCUT2D eigenvalue weighted by molar-refractivity contribution is 8.14. The summed E-state index contributed by atoms with van der Waals surface area (Å²) in [6.07, 6.45) is 1.05. The number of carbonyl (C=O) groups is 1. The number of hydrogen-bond acceptors (Lipinski definition) is 6. The van der Waals surface area contributed by atoms with Crippen LogP contribution in [0, 0.1) is 11.8 Å². The molecule has 0 saturated carbocycles. The van der Waals surface area contributed by atoms with Gasteiger partial charge in [0.1, 0.15) is 0 Å². The summed E-state index contributed by atoms with van der Waals surface area (Å²) in [5, 5.41) is 6.67. The van der Waals surface area contributed by atoms with Gasteiger partial charge in [-0.3, -0.25) is 9.79 Å². The third-order valence-corrected chi connectivity index (χ3v) is 7.39. The van der Waals surface area contributed by atoms with E-state index in [4.69, 9.17) is 0 Å². The van der Waals surface area contributed by atoms with Crippen LogP contribution in [0.25, 0.3) is 0 Å². The monoisotopic (exact) mass is 446 g/mol. The minimum Gasteiger partial charge on any atom is -0.363 e. The predicted molar refractivity (Wildman–Crippen MR) is 117 cm³/mol. The van der Waals surface area contributed by atoms with E-state index in [1.807, 2.05) is 0 Å². The van der Waals surface area contributed by atoms with Crippen molar-refractivity contribution in [2.45, 2.75) is 25.2 Å². The minimum absolute atomic E-state index is 0. The van der Waals surface area contributed by atoms with Crippen LogP contribution >= 0.6 is 24.2 Å². The fraction of sp³-hybridized carbons (Fsp3) is 0.556. The molecular formula is C18H27ClN4O3S2. The molecule has 10 heteroatoms. The van der Waals surface area contributed by atoms with E-state index in [9.17, 15) is 13.2 Å². The van der Waals surface area contributed by atoms with E-state index in [0.29, 0.717) is 30.6 Å². The van der Waals surface area contributed by atoms with Crippen molar-refractivity contribution in [2.24, 2.45) is 16.8 Å². The summed E-state index contributed by atoms with van der Waals surface area (Å²) in [5.74, 6) is 0.831. The van der Waals surface area contributed by atoms with Gasteiger partial charge < -0.3 is 10.6 Å². The number of anilines is 1. The molecule has 0 aliphatic carbocycles. The van der Waals surface area contributed by atoms with Gasteiger partial charge in [0.2, 0.25) is 15.9 Å². The molecule has 2 heterocycles. The standard InChI is InChI=1S/C18H26N4O3S2.ClH/c1-13-9-14(2)11-22(10-13)27(24,25)16-5-3-15(4-6-16)21-17(23)12-26-18-19-7-8-20-18;/h3-6,13-14H,7-12H2,1-2H3,(H,19,20)(H,21,23);1H. The third kappa shape index (κ3) is 5.85. The molecule has 7 nitrogen and oxygen atoms in total. The average Bonchev–Trinajstić information content (AvgIpc) is 3.13. The molecule has 0 aromatic heterocycles. The molecule has 2 aliphatic heterocycles. The maximum atomic E-state index is 12.9. The molecule has 1 aromatic carbocycles. The molecule has 2 atom stereocenters. The Kier molecular flexibility index (Phi) is 8.18. The van der Waals surface area contributed by atoms with Crippen molar-refractivity contribution in [1.82, 2.24) is 9.62 Å². The van der Waals surface area contributed by atoms with Crippen molar-refractivity contribution in [2.75, 3.05) is 37.2 Å². The first-order valence-electron chi connectivity index (χ1n) is 9.16. The van der Waals surface area contributed by atoms with Crippen LogP contribution in [0.5, 0.6) is 0 Å². The fourth-order valence-corrected chi connectivity index (χ4v) is 5.87. The van der Waals surface area contributed by atoms with Crippen molar-refractivity contribution in [3.8, 4) is 0 Å². The number of carbonyl (C=O) groups excluding carboxylic acids is 1. The van der Waals surface area contributed by atoms with Crippen molar-refractivity contribution in [3.63, 3.8) is 0 Å². The van der Waals surface area contributed by atoms with Crippen LogP contribution in [0.2, 0.25) is 0 Å². The van der Waals surface area contributed by atoms with Crippen LogP contribution in [-0.2, 0) is 14.8 Å². The molecular weight excluding hydrogens is 420 g/mol. The molecule has 156 valence electrons. The summed E-state index contributed by atoms with van der Waals surface area (Å²) in [6.45, 7) is 6.84. The van der Waals surface area contributed by atoms with Crippen molar-refractivity contribution in [3.05, 3.63) is 24.3 Å². The number of thioether (sulfide) groups is 1. The van der Waals surface area contributed by atoms with Crippen molar-refractivity contribution < 1.29 is 13.2 Å². The summed E-state index contributed by atoms with van der Waals surface area (Å²) in [6, 6.07) is 6.39. The Morgan fingerprint density at radius 2 is 1.89 bits per heavy atom. The van der Waals surface area contributed by atoms with Gasteiger partial charge in [-0.1, -0.05) is 25.6 Å². The van der Waals surface area contributed by atoms with Gasteiger partial charge in [0.05, 0.1) is 17.2 Å². The van der Waals surface area contributed by atoms with Crippen molar-refractivity contribution >= 4 is 51.0 Å². The quantitative estimate of drug-likeness (QED) is 0.724. The number of nitrogens with one attached hydrogen (secondary N) is 2. The molecule has 2 aliphatic rings. The summed E-state index contributed by atoms with van der Waals surface area (Å²) in [5.41, 5.74) is 0.584. The number of rotatable bonds is 5. The number of aliphatic imine (C=N–C) groups is 1. The number of piperidine rings is 1. The van der Waals surface area contributed by atoms with E-state index in [2.05, 4.69) is 29.5 Å². The topological polar surface area (TPSA) is 90.9 Å². The minimum atomic E-state index is -3.50. The van der Waals surface area contributed by atoms with E-state index in [0.717, 1.165) is 24.7 Å². The first-order chi connectivity index (χ1) is 12.8. The summed E-state index contributed by atoms with van der Waals surface area (Å²) < 4.78 is 27.3. The molecule has 1 fully saturated rings. The maximum Gasteiger partial charge on any atom is 0.243 e. The zero-order valence-electron chi connectivity index (χ0n) is 16.1. The Bertz CT molecular complexity index is 805. The lowest BCUT2D eigenvalue weighted by Gasteiger charge is -2.34. The van der Waals surface area contributed by atoms with Crippen LogP contribution < -0.4 is 10.6 Å². The number of nitrogens with zero attached hydrogens (tertiary/aromatic N) is 2. The van der Waals surface area contributed by atoms with Gasteiger partial charge >= 0.3 is 0 Å². The van der Waals surface area contributed by atoms with Gasteiger partial charge in [-0.05, 0) is 42.5 Å². The lowest BCUT2D eigenvalue weighted by atomic mass is 9.94. The van der Waals surface area contributed by atoms with Gasteiger partial charge in [0.25, 0.3) is 0 Å². The predicted octanol–water partition coefficient (Wildman–Crippen LogP) is 2.41. The zero-order valence-corrected chi connectivity index (χ0v) is 18.5. The number of benzene rings is 1. The molecule has 2 unspecified atom stereocenters. The van der Waals surface area contributed by atoms with Gasteiger partial charge in [-0.25, -0.2) is 8.42 Å². The summed E-state index contributed by atoms with van der Waals surface area (Å²) >= 11 is 1.36. The van der Waals surface area contributed by atoms with E-state index < -0.39 is 10.0 Å². The summed E-state index contributed by atoms with van der Waals surface area (Å²) in [4.78, 5) is 16.5. The second-order valence-electron chi connectivity index (χ2n) is 7.24. The van der Waals surface area contributed by atoms with E-state index in [-0.39, 0.29) is 29.0 Å². The third-order valence-electron chi connectivity index (χ3n) is 4.59. The molecule has 28 heavy (non-hydrogen) atoms.